The summed E-state index contributed by atoms with van der Waals surface area (Å²) in [5.74, 6) is 0. The van der Waals surface area contributed by atoms with E-state index < -0.39 is 0 Å². The van der Waals surface area contributed by atoms with E-state index >= 15 is 0 Å². The highest BCUT2D eigenvalue weighted by Crippen LogP contribution is 2.31. The molecule has 0 aromatic heterocycles. The zero-order valence-electron chi connectivity index (χ0n) is 17.3. The van der Waals surface area contributed by atoms with Gasteiger partial charge >= 0.3 is 0 Å². The van der Waals surface area contributed by atoms with Gasteiger partial charge in [-0.3, -0.25) is 0 Å². The molecule has 3 aromatic carbocycles. The van der Waals surface area contributed by atoms with Gasteiger partial charge < -0.3 is 0 Å². The van der Waals surface area contributed by atoms with Gasteiger partial charge in [0, 0.05) is 0 Å². The van der Waals surface area contributed by atoms with Crippen LogP contribution < -0.4 is 0 Å². The topological polar surface area (TPSA) is 0 Å². The van der Waals surface area contributed by atoms with Gasteiger partial charge in [-0.15, -0.1) is 0 Å². The van der Waals surface area contributed by atoms with E-state index in [-0.39, 0.29) is 0 Å². The molecular weight excluding hydrogens is 336 g/mol. The minimum Gasteiger partial charge on any atom is -0.0842 e. The van der Waals surface area contributed by atoms with Crippen molar-refractivity contribution >= 4 is 5.57 Å². The van der Waals surface area contributed by atoms with Crippen LogP contribution in [-0.4, -0.2) is 0 Å². The van der Waals surface area contributed by atoms with Crippen molar-refractivity contribution in [1.82, 2.24) is 0 Å². The first-order valence-electron chi connectivity index (χ1n) is 10.4. The van der Waals surface area contributed by atoms with Gasteiger partial charge in [-0.25, -0.2) is 0 Å². The summed E-state index contributed by atoms with van der Waals surface area (Å²) in [5, 5.41) is 0. The molecule has 0 fully saturated rings. The van der Waals surface area contributed by atoms with Crippen LogP contribution in [0.5, 0.6) is 0 Å². The largest absolute Gasteiger partial charge is 0.0842 e. The highest BCUT2D eigenvalue weighted by molar-refractivity contribution is 5.83. The van der Waals surface area contributed by atoms with Crippen LogP contribution in [0, 0.1) is 0 Å². The molecule has 0 saturated heterocycles. The lowest BCUT2D eigenvalue weighted by Crippen LogP contribution is -1.89. The smallest absolute Gasteiger partial charge is 0.0172 e. The van der Waals surface area contributed by atoms with Crippen LogP contribution in [0.1, 0.15) is 44.7 Å². The lowest BCUT2D eigenvalue weighted by molar-refractivity contribution is 0.922. The Balaban J connectivity index is 2.10. The molecule has 0 aliphatic heterocycles. The van der Waals surface area contributed by atoms with Crippen LogP contribution in [0.3, 0.4) is 0 Å². The molecule has 0 amide bonds. The molecule has 0 heterocycles. The van der Waals surface area contributed by atoms with Gasteiger partial charge in [-0.2, -0.15) is 0 Å². The summed E-state index contributed by atoms with van der Waals surface area (Å²) >= 11 is 0. The Morgan fingerprint density at radius 2 is 1.39 bits per heavy atom. The molecule has 28 heavy (non-hydrogen) atoms. The zero-order chi connectivity index (χ0) is 19.8. The second-order valence-electron chi connectivity index (χ2n) is 7.17. The molecule has 3 rings (SSSR count). The number of benzene rings is 3. The number of rotatable bonds is 7. The van der Waals surface area contributed by atoms with E-state index in [9.17, 15) is 0 Å². The van der Waals surface area contributed by atoms with E-state index in [4.69, 9.17) is 0 Å². The predicted molar refractivity (Wildman–Crippen MR) is 124 cm³/mol. The first-order valence-corrected chi connectivity index (χ1v) is 10.4. The predicted octanol–water partition coefficient (Wildman–Crippen LogP) is 8.34. The molecule has 0 unspecified atom stereocenters. The minimum atomic E-state index is 1.04. The Hall–Kier alpha value is -2.86. The van der Waals surface area contributed by atoms with Crippen molar-refractivity contribution in [2.75, 3.05) is 0 Å². The fourth-order valence-corrected chi connectivity index (χ4v) is 3.51. The van der Waals surface area contributed by atoms with Crippen molar-refractivity contribution in [2.45, 2.75) is 40.0 Å². The summed E-state index contributed by atoms with van der Waals surface area (Å²) in [6, 6.07) is 26.6. The van der Waals surface area contributed by atoms with Crippen LogP contribution in [0.15, 0.2) is 91.0 Å². The van der Waals surface area contributed by atoms with Crippen LogP contribution in [0.2, 0.25) is 0 Å². The molecule has 3 aromatic rings. The second kappa shape index (κ2) is 9.90. The minimum absolute atomic E-state index is 1.04. The Labute approximate surface area is 170 Å². The van der Waals surface area contributed by atoms with Crippen LogP contribution in [0.4, 0.5) is 0 Å². The second-order valence-corrected chi connectivity index (χ2v) is 7.17. The molecule has 0 bridgehead atoms. The lowest BCUT2D eigenvalue weighted by Gasteiger charge is -2.12. The molecule has 0 saturated carbocycles. The molecular formula is C28H30. The van der Waals surface area contributed by atoms with Gasteiger partial charge in [0.15, 0.2) is 0 Å². The third kappa shape index (κ3) is 4.89. The summed E-state index contributed by atoms with van der Waals surface area (Å²) in [6.07, 6.45) is 10.0. The summed E-state index contributed by atoms with van der Waals surface area (Å²) in [7, 11) is 0. The normalized spacial score (nSPS) is 11.9. The van der Waals surface area contributed by atoms with Crippen molar-refractivity contribution < 1.29 is 0 Å². The number of hydrogen-bond acceptors (Lipinski definition) is 0. The Kier molecular flexibility index (Phi) is 7.03. The van der Waals surface area contributed by atoms with Gasteiger partial charge in [-0.05, 0) is 76.9 Å². The van der Waals surface area contributed by atoms with E-state index in [1.807, 2.05) is 0 Å². The SMILES string of the molecule is C/C=C(\C=C/CC)c1cc(-c2ccccc2)cc(-c2ccc(CCC)cc2)c1. The van der Waals surface area contributed by atoms with Gasteiger partial charge in [0.1, 0.15) is 0 Å². The van der Waals surface area contributed by atoms with Gasteiger partial charge in [0.2, 0.25) is 0 Å². The van der Waals surface area contributed by atoms with E-state index in [2.05, 4.69) is 112 Å². The monoisotopic (exact) mass is 366 g/mol. The summed E-state index contributed by atoms with van der Waals surface area (Å²) in [4.78, 5) is 0. The molecule has 0 nitrogen and oxygen atoms in total. The maximum atomic E-state index is 2.32. The fraction of sp³-hybridized carbons (Fsp3) is 0.214. The molecule has 0 atom stereocenters. The first kappa shape index (κ1) is 19.9. The number of hydrogen-bond donors (Lipinski definition) is 0. The van der Waals surface area contributed by atoms with E-state index in [1.54, 1.807) is 0 Å². The number of allylic oxidation sites excluding steroid dienone is 4. The average Bonchev–Trinajstić information content (AvgIpc) is 2.75. The summed E-state index contributed by atoms with van der Waals surface area (Å²) in [6.45, 7) is 6.52. The maximum absolute atomic E-state index is 2.32. The molecule has 142 valence electrons. The van der Waals surface area contributed by atoms with Crippen LogP contribution >= 0.6 is 0 Å². The Morgan fingerprint density at radius 1 is 0.750 bits per heavy atom. The molecule has 0 aliphatic rings. The lowest BCUT2D eigenvalue weighted by atomic mass is 9.92. The van der Waals surface area contributed by atoms with Crippen molar-refractivity contribution in [3.05, 3.63) is 102 Å². The standard InChI is InChI=1S/C28H30/c1-4-7-12-23(6-3)26-19-27(24-13-9-8-10-14-24)21-28(20-26)25-17-15-22(11-5-2)16-18-25/h6-10,12-21H,4-5,11H2,1-3H3/b12-7-,23-6+. The van der Waals surface area contributed by atoms with Crippen LogP contribution in [-0.2, 0) is 6.42 Å². The molecule has 0 N–H and O–H groups in total. The van der Waals surface area contributed by atoms with Crippen molar-refractivity contribution in [3.63, 3.8) is 0 Å². The van der Waals surface area contributed by atoms with Gasteiger partial charge in [0.05, 0.1) is 0 Å². The van der Waals surface area contributed by atoms with Crippen LogP contribution in [0.25, 0.3) is 27.8 Å². The molecule has 0 spiro atoms. The van der Waals surface area contributed by atoms with Crippen molar-refractivity contribution in [3.8, 4) is 22.3 Å². The Bertz CT molecular complexity index is 941. The van der Waals surface area contributed by atoms with E-state index in [0.29, 0.717) is 0 Å². The van der Waals surface area contributed by atoms with E-state index in [1.165, 1.54) is 45.4 Å². The summed E-state index contributed by atoms with van der Waals surface area (Å²) in [5.41, 5.74) is 8.99. The third-order valence-corrected chi connectivity index (χ3v) is 5.04. The van der Waals surface area contributed by atoms with Gasteiger partial charge in [0.25, 0.3) is 0 Å². The fourth-order valence-electron chi connectivity index (χ4n) is 3.51. The maximum Gasteiger partial charge on any atom is -0.0172 e. The first-order chi connectivity index (χ1) is 13.7. The number of aryl methyl sites for hydroxylation is 1. The quantitative estimate of drug-likeness (QED) is 0.369. The Morgan fingerprint density at radius 3 is 1.96 bits per heavy atom. The van der Waals surface area contributed by atoms with Gasteiger partial charge in [-0.1, -0.05) is 93.1 Å². The average molecular weight is 367 g/mol. The molecule has 0 radical (unpaired) electrons. The molecule has 0 heteroatoms. The summed E-state index contributed by atoms with van der Waals surface area (Å²) < 4.78 is 0. The van der Waals surface area contributed by atoms with Crippen molar-refractivity contribution in [2.24, 2.45) is 0 Å². The highest BCUT2D eigenvalue weighted by Gasteiger charge is 2.07. The van der Waals surface area contributed by atoms with E-state index in [0.717, 1.165) is 12.8 Å². The third-order valence-electron chi connectivity index (χ3n) is 5.04. The van der Waals surface area contributed by atoms with Crippen molar-refractivity contribution in [1.29, 1.82) is 0 Å². The zero-order valence-corrected chi connectivity index (χ0v) is 17.3. The highest BCUT2D eigenvalue weighted by atomic mass is 14.1. The molecule has 0 aliphatic carbocycles.